The number of rotatable bonds is 3. The lowest BCUT2D eigenvalue weighted by Gasteiger charge is -2.17. The number of halogens is 2. The fourth-order valence-corrected chi connectivity index (χ4v) is 3.08. The summed E-state index contributed by atoms with van der Waals surface area (Å²) in [5, 5.41) is 3.62. The fraction of sp³-hybridized carbons (Fsp3) is 0.471. The molecule has 0 atom stereocenters. The normalized spacial score (nSPS) is 14.8. The molecule has 1 aliphatic carbocycles. The largest absolute Gasteiger partial charge is 0.384 e. The topological polar surface area (TPSA) is 24.9 Å². The summed E-state index contributed by atoms with van der Waals surface area (Å²) >= 11 is 0. The molecule has 4 heteroatoms. The molecule has 1 aliphatic rings. The highest BCUT2D eigenvalue weighted by Crippen LogP contribution is 2.35. The predicted molar refractivity (Wildman–Crippen MR) is 81.7 cm³/mol. The maximum absolute atomic E-state index is 14.3. The number of nitrogens with one attached hydrogen (secondary N) is 1. The SMILES string of the molecule is CCCNc1c2c(nc3c(F)ccc(F)c13)CCCCC2. The molecule has 1 heterocycles. The molecule has 0 saturated heterocycles. The Morgan fingerprint density at radius 2 is 1.86 bits per heavy atom. The van der Waals surface area contributed by atoms with Crippen LogP contribution in [0.3, 0.4) is 0 Å². The zero-order chi connectivity index (χ0) is 14.8. The van der Waals surface area contributed by atoms with Gasteiger partial charge in [0.2, 0.25) is 0 Å². The number of benzene rings is 1. The molecule has 21 heavy (non-hydrogen) atoms. The van der Waals surface area contributed by atoms with Crippen LogP contribution in [-0.4, -0.2) is 11.5 Å². The van der Waals surface area contributed by atoms with Gasteiger partial charge in [-0.3, -0.25) is 0 Å². The van der Waals surface area contributed by atoms with Crippen LogP contribution < -0.4 is 5.32 Å². The first-order valence-corrected chi connectivity index (χ1v) is 7.75. The molecular formula is C17H20F2N2. The second-order valence-corrected chi connectivity index (χ2v) is 5.65. The van der Waals surface area contributed by atoms with Crippen molar-refractivity contribution < 1.29 is 8.78 Å². The van der Waals surface area contributed by atoms with E-state index in [0.717, 1.165) is 68.1 Å². The van der Waals surface area contributed by atoms with E-state index in [2.05, 4.69) is 17.2 Å². The first-order valence-electron chi connectivity index (χ1n) is 7.75. The number of nitrogens with zero attached hydrogens (tertiary/aromatic N) is 1. The Hall–Kier alpha value is -1.71. The quantitative estimate of drug-likeness (QED) is 0.835. The molecule has 0 spiro atoms. The highest BCUT2D eigenvalue weighted by molar-refractivity contribution is 5.94. The van der Waals surface area contributed by atoms with Crippen LogP contribution in [0.2, 0.25) is 0 Å². The summed E-state index contributed by atoms with van der Waals surface area (Å²) in [6, 6.07) is 2.36. The number of fused-ring (bicyclic) bond motifs is 2. The standard InChI is InChI=1S/C17H20F2N2/c1-2-10-20-16-11-6-4-3-5-7-14(11)21-17-13(19)9-8-12(18)15(16)17/h8-9H,2-7,10H2,1H3,(H,20,21). The number of hydrogen-bond donors (Lipinski definition) is 1. The fourth-order valence-electron chi connectivity index (χ4n) is 3.08. The van der Waals surface area contributed by atoms with Crippen LogP contribution in [-0.2, 0) is 12.8 Å². The van der Waals surface area contributed by atoms with E-state index in [9.17, 15) is 8.78 Å². The van der Waals surface area contributed by atoms with Crippen LogP contribution >= 0.6 is 0 Å². The summed E-state index contributed by atoms with van der Waals surface area (Å²) in [7, 11) is 0. The molecule has 1 N–H and O–H groups in total. The second-order valence-electron chi connectivity index (χ2n) is 5.65. The van der Waals surface area contributed by atoms with Crippen molar-refractivity contribution in [1.29, 1.82) is 0 Å². The van der Waals surface area contributed by atoms with Crippen molar-refractivity contribution in [1.82, 2.24) is 4.98 Å². The molecule has 0 radical (unpaired) electrons. The summed E-state index contributed by atoms with van der Waals surface area (Å²) in [6.45, 7) is 2.81. The van der Waals surface area contributed by atoms with Crippen LogP contribution in [0.1, 0.15) is 43.9 Å². The van der Waals surface area contributed by atoms with Gasteiger partial charge in [-0.25, -0.2) is 13.8 Å². The summed E-state index contributed by atoms with van der Waals surface area (Å²) in [5.74, 6) is -0.845. The van der Waals surface area contributed by atoms with Gasteiger partial charge in [0.05, 0.1) is 11.1 Å². The van der Waals surface area contributed by atoms with Gasteiger partial charge in [-0.15, -0.1) is 0 Å². The molecule has 2 aromatic rings. The summed E-state index contributed by atoms with van der Waals surface area (Å²) in [5.41, 5.74) is 2.94. The Labute approximate surface area is 123 Å². The van der Waals surface area contributed by atoms with Gasteiger partial charge in [0.1, 0.15) is 17.2 Å². The molecule has 0 fully saturated rings. The third-order valence-corrected chi connectivity index (χ3v) is 4.12. The van der Waals surface area contributed by atoms with Gasteiger partial charge in [0.15, 0.2) is 0 Å². The minimum Gasteiger partial charge on any atom is -0.384 e. The van der Waals surface area contributed by atoms with E-state index in [1.807, 2.05) is 0 Å². The van der Waals surface area contributed by atoms with E-state index in [-0.39, 0.29) is 5.52 Å². The number of hydrogen-bond acceptors (Lipinski definition) is 2. The smallest absolute Gasteiger partial charge is 0.149 e. The Bertz CT molecular complexity index is 668. The van der Waals surface area contributed by atoms with E-state index in [4.69, 9.17) is 0 Å². The highest BCUT2D eigenvalue weighted by atomic mass is 19.1. The molecule has 0 aliphatic heterocycles. The van der Waals surface area contributed by atoms with Crippen molar-refractivity contribution in [3.05, 3.63) is 35.0 Å². The molecule has 0 saturated carbocycles. The molecule has 112 valence electrons. The first-order chi connectivity index (χ1) is 10.2. The van der Waals surface area contributed by atoms with Gasteiger partial charge in [-0.2, -0.15) is 0 Å². The number of aryl methyl sites for hydroxylation is 1. The number of anilines is 1. The van der Waals surface area contributed by atoms with E-state index in [0.29, 0.717) is 5.39 Å². The maximum atomic E-state index is 14.3. The first kappa shape index (κ1) is 14.2. The third kappa shape index (κ3) is 2.59. The van der Waals surface area contributed by atoms with Crippen molar-refractivity contribution in [2.45, 2.75) is 45.4 Å². The Morgan fingerprint density at radius 3 is 2.67 bits per heavy atom. The van der Waals surface area contributed by atoms with E-state index >= 15 is 0 Å². The lowest BCUT2D eigenvalue weighted by Crippen LogP contribution is -2.09. The summed E-state index contributed by atoms with van der Waals surface area (Å²) in [4.78, 5) is 4.45. The Kier molecular flexibility index (Phi) is 4.04. The summed E-state index contributed by atoms with van der Waals surface area (Å²) < 4.78 is 28.4. The Morgan fingerprint density at radius 1 is 1.10 bits per heavy atom. The van der Waals surface area contributed by atoms with Gasteiger partial charge < -0.3 is 5.32 Å². The van der Waals surface area contributed by atoms with E-state index in [1.165, 1.54) is 6.07 Å². The Balaban J connectivity index is 2.29. The van der Waals surface area contributed by atoms with E-state index in [1.54, 1.807) is 0 Å². The third-order valence-electron chi connectivity index (χ3n) is 4.12. The number of aromatic nitrogens is 1. The second kappa shape index (κ2) is 5.96. The van der Waals surface area contributed by atoms with Gasteiger partial charge in [0.25, 0.3) is 0 Å². The average molecular weight is 290 g/mol. The molecule has 3 rings (SSSR count). The van der Waals surface area contributed by atoms with Crippen molar-refractivity contribution in [2.24, 2.45) is 0 Å². The van der Waals surface area contributed by atoms with E-state index < -0.39 is 11.6 Å². The molecule has 0 amide bonds. The monoisotopic (exact) mass is 290 g/mol. The molecule has 2 nitrogen and oxygen atoms in total. The van der Waals surface area contributed by atoms with Crippen LogP contribution in [0.4, 0.5) is 14.5 Å². The minimum absolute atomic E-state index is 0.161. The van der Waals surface area contributed by atoms with Gasteiger partial charge in [-0.1, -0.05) is 13.3 Å². The highest BCUT2D eigenvalue weighted by Gasteiger charge is 2.20. The lowest BCUT2D eigenvalue weighted by atomic mass is 10.0. The zero-order valence-electron chi connectivity index (χ0n) is 12.3. The minimum atomic E-state index is -0.446. The van der Waals surface area contributed by atoms with Crippen LogP contribution in [0.25, 0.3) is 10.9 Å². The van der Waals surface area contributed by atoms with Crippen LogP contribution in [0.15, 0.2) is 12.1 Å². The zero-order valence-corrected chi connectivity index (χ0v) is 12.3. The average Bonchev–Trinajstić information content (AvgIpc) is 2.73. The lowest BCUT2D eigenvalue weighted by molar-refractivity contribution is 0.614. The molecule has 1 aromatic carbocycles. The molecule has 0 unspecified atom stereocenters. The number of pyridine rings is 1. The van der Waals surface area contributed by atoms with Crippen molar-refractivity contribution >= 4 is 16.6 Å². The van der Waals surface area contributed by atoms with Crippen molar-refractivity contribution in [3.8, 4) is 0 Å². The van der Waals surface area contributed by atoms with Crippen molar-refractivity contribution in [2.75, 3.05) is 11.9 Å². The molecule has 0 bridgehead atoms. The van der Waals surface area contributed by atoms with Crippen LogP contribution in [0.5, 0.6) is 0 Å². The molecule has 1 aromatic heterocycles. The molecular weight excluding hydrogens is 270 g/mol. The van der Waals surface area contributed by atoms with Gasteiger partial charge in [0, 0.05) is 12.2 Å². The van der Waals surface area contributed by atoms with Gasteiger partial charge in [-0.05, 0) is 49.8 Å². The predicted octanol–water partition coefficient (Wildman–Crippen LogP) is 4.60. The maximum Gasteiger partial charge on any atom is 0.149 e. The van der Waals surface area contributed by atoms with Crippen LogP contribution in [0, 0.1) is 11.6 Å². The van der Waals surface area contributed by atoms with Gasteiger partial charge >= 0.3 is 0 Å². The van der Waals surface area contributed by atoms with Crippen molar-refractivity contribution in [3.63, 3.8) is 0 Å². The summed E-state index contributed by atoms with van der Waals surface area (Å²) in [6.07, 6.45) is 5.97.